The highest BCUT2D eigenvalue weighted by atomic mass is 35.5. The van der Waals surface area contributed by atoms with Crippen LogP contribution in [-0.4, -0.2) is 35.5 Å². The van der Waals surface area contributed by atoms with Gasteiger partial charge in [-0.05, 0) is 37.8 Å². The first-order chi connectivity index (χ1) is 11.2. The summed E-state index contributed by atoms with van der Waals surface area (Å²) in [6.07, 6.45) is 7.23. The summed E-state index contributed by atoms with van der Waals surface area (Å²) < 4.78 is 0. The molecule has 3 rings (SSSR count). The molecule has 1 aliphatic carbocycles. The minimum absolute atomic E-state index is 0. The second kappa shape index (κ2) is 10.4. The van der Waals surface area contributed by atoms with Crippen molar-refractivity contribution in [3.05, 3.63) is 35.9 Å². The molecule has 1 amide bonds. The lowest BCUT2D eigenvalue weighted by atomic mass is 9.81. The van der Waals surface area contributed by atoms with Crippen molar-refractivity contribution in [2.75, 3.05) is 13.1 Å². The lowest BCUT2D eigenvalue weighted by Gasteiger charge is -2.37. The molecule has 3 N–H and O–H groups in total. The maximum atomic E-state index is 12.6. The minimum atomic E-state index is -0.625. The Morgan fingerprint density at radius 2 is 1.80 bits per heavy atom. The monoisotopic (exact) mass is 387 g/mol. The number of nitrogens with zero attached hydrogens (tertiary/aromatic N) is 1. The van der Waals surface area contributed by atoms with Crippen LogP contribution < -0.4 is 11.1 Å². The van der Waals surface area contributed by atoms with Gasteiger partial charge in [0.15, 0.2) is 0 Å². The number of halogens is 2. The molecule has 0 radical (unpaired) electrons. The number of amides is 1. The van der Waals surface area contributed by atoms with E-state index in [0.29, 0.717) is 0 Å². The van der Waals surface area contributed by atoms with Crippen molar-refractivity contribution in [1.82, 2.24) is 10.2 Å². The van der Waals surface area contributed by atoms with Crippen LogP contribution >= 0.6 is 24.8 Å². The van der Waals surface area contributed by atoms with E-state index in [2.05, 4.69) is 34.5 Å². The highest BCUT2D eigenvalue weighted by Crippen LogP contribution is 2.26. The molecule has 1 saturated heterocycles. The standard InChI is InChI=1S/C19H29N3O.2ClH/c20-19(11-5-2-6-12-19)18(23)21-17-10-7-13-22(15-17)14-16-8-3-1-4-9-16;;/h1,3-4,8-9,17H,2,5-7,10-15,20H2,(H,21,23);2*1H. The highest BCUT2D eigenvalue weighted by Gasteiger charge is 2.36. The van der Waals surface area contributed by atoms with Crippen molar-refractivity contribution < 1.29 is 4.79 Å². The zero-order chi connectivity index (χ0) is 16.1. The summed E-state index contributed by atoms with van der Waals surface area (Å²) in [6, 6.07) is 10.8. The van der Waals surface area contributed by atoms with E-state index in [1.807, 2.05) is 6.07 Å². The third kappa shape index (κ3) is 6.14. The number of hydrogen-bond donors (Lipinski definition) is 2. The highest BCUT2D eigenvalue weighted by molar-refractivity contribution is 5.86. The van der Waals surface area contributed by atoms with E-state index in [4.69, 9.17) is 5.73 Å². The molecule has 1 unspecified atom stereocenters. The third-order valence-corrected chi connectivity index (χ3v) is 5.29. The lowest BCUT2D eigenvalue weighted by Crippen LogP contribution is -2.59. The number of hydrogen-bond acceptors (Lipinski definition) is 3. The van der Waals surface area contributed by atoms with E-state index in [0.717, 1.165) is 58.2 Å². The van der Waals surface area contributed by atoms with Crippen LogP contribution in [0.5, 0.6) is 0 Å². The van der Waals surface area contributed by atoms with Crippen LogP contribution in [0.2, 0.25) is 0 Å². The molecule has 1 aromatic rings. The fourth-order valence-electron chi connectivity index (χ4n) is 3.90. The first-order valence-corrected chi connectivity index (χ1v) is 9.02. The van der Waals surface area contributed by atoms with Crippen LogP contribution in [0.1, 0.15) is 50.5 Å². The van der Waals surface area contributed by atoms with Crippen LogP contribution in [0.15, 0.2) is 30.3 Å². The Morgan fingerprint density at radius 1 is 1.12 bits per heavy atom. The molecule has 0 spiro atoms. The molecule has 142 valence electrons. The second-order valence-corrected chi connectivity index (χ2v) is 7.25. The van der Waals surface area contributed by atoms with E-state index < -0.39 is 5.54 Å². The van der Waals surface area contributed by atoms with Crippen LogP contribution in [0.25, 0.3) is 0 Å². The van der Waals surface area contributed by atoms with Gasteiger partial charge in [0, 0.05) is 19.1 Å². The predicted molar refractivity (Wildman–Crippen MR) is 107 cm³/mol. The number of piperidine rings is 1. The zero-order valence-electron chi connectivity index (χ0n) is 14.8. The normalized spacial score (nSPS) is 23.0. The Labute approximate surface area is 163 Å². The number of rotatable bonds is 4. The van der Waals surface area contributed by atoms with Gasteiger partial charge in [0.05, 0.1) is 5.54 Å². The smallest absolute Gasteiger partial charge is 0.240 e. The molecule has 4 nitrogen and oxygen atoms in total. The number of carbonyl (C=O) groups is 1. The van der Waals surface area contributed by atoms with Crippen molar-refractivity contribution in [1.29, 1.82) is 0 Å². The molecule has 1 saturated carbocycles. The first-order valence-electron chi connectivity index (χ1n) is 9.02. The van der Waals surface area contributed by atoms with E-state index in [1.54, 1.807) is 0 Å². The maximum Gasteiger partial charge on any atom is 0.240 e. The van der Waals surface area contributed by atoms with Gasteiger partial charge in [0.25, 0.3) is 0 Å². The van der Waals surface area contributed by atoms with Crippen molar-refractivity contribution >= 4 is 30.7 Å². The van der Waals surface area contributed by atoms with E-state index in [1.165, 1.54) is 12.0 Å². The van der Waals surface area contributed by atoms with Gasteiger partial charge in [-0.15, -0.1) is 24.8 Å². The van der Waals surface area contributed by atoms with Crippen LogP contribution in [0.3, 0.4) is 0 Å². The van der Waals surface area contributed by atoms with Gasteiger partial charge in [0.1, 0.15) is 0 Å². The summed E-state index contributed by atoms with van der Waals surface area (Å²) in [5.74, 6) is 0.0729. The topological polar surface area (TPSA) is 58.4 Å². The molecule has 0 bridgehead atoms. The Kier molecular flexibility index (Phi) is 9.22. The quantitative estimate of drug-likeness (QED) is 0.832. The molecule has 6 heteroatoms. The zero-order valence-corrected chi connectivity index (χ0v) is 16.4. The summed E-state index contributed by atoms with van der Waals surface area (Å²) in [5.41, 5.74) is 7.06. The predicted octanol–water partition coefficient (Wildman–Crippen LogP) is 3.27. The Hall–Kier alpha value is -0.810. The molecular formula is C19H31Cl2N3O. The number of nitrogens with two attached hydrogens (primary N) is 1. The second-order valence-electron chi connectivity index (χ2n) is 7.25. The average Bonchev–Trinajstić information content (AvgIpc) is 2.57. The molecule has 1 aliphatic heterocycles. The minimum Gasteiger partial charge on any atom is -0.350 e. The van der Waals surface area contributed by atoms with Crippen molar-refractivity contribution in [2.45, 2.75) is 63.1 Å². The SMILES string of the molecule is Cl.Cl.NC1(C(=O)NC2CCCN(Cc3ccccc3)C2)CCCCC1. The van der Waals surface area contributed by atoms with E-state index >= 15 is 0 Å². The van der Waals surface area contributed by atoms with Crippen molar-refractivity contribution in [3.8, 4) is 0 Å². The molecule has 1 heterocycles. The maximum absolute atomic E-state index is 12.6. The lowest BCUT2D eigenvalue weighted by molar-refractivity contribution is -0.128. The van der Waals surface area contributed by atoms with Gasteiger partial charge in [-0.3, -0.25) is 9.69 Å². The van der Waals surface area contributed by atoms with Crippen LogP contribution in [0, 0.1) is 0 Å². The van der Waals surface area contributed by atoms with Crippen LogP contribution in [-0.2, 0) is 11.3 Å². The summed E-state index contributed by atoms with van der Waals surface area (Å²) >= 11 is 0. The van der Waals surface area contributed by atoms with Crippen molar-refractivity contribution in [3.63, 3.8) is 0 Å². The van der Waals surface area contributed by atoms with Gasteiger partial charge in [0.2, 0.25) is 5.91 Å². The fraction of sp³-hybridized carbons (Fsp3) is 0.632. The van der Waals surface area contributed by atoms with E-state index in [-0.39, 0.29) is 36.8 Å². The molecule has 2 fully saturated rings. The summed E-state index contributed by atoms with van der Waals surface area (Å²) in [6.45, 7) is 2.99. The van der Waals surface area contributed by atoms with Gasteiger partial charge >= 0.3 is 0 Å². The molecule has 0 aromatic heterocycles. The largest absolute Gasteiger partial charge is 0.350 e. The number of carbonyl (C=O) groups excluding carboxylic acids is 1. The average molecular weight is 388 g/mol. The number of likely N-dealkylation sites (tertiary alicyclic amines) is 1. The molecular weight excluding hydrogens is 357 g/mol. The molecule has 1 aromatic carbocycles. The summed E-state index contributed by atoms with van der Waals surface area (Å²) in [4.78, 5) is 15.0. The van der Waals surface area contributed by atoms with Gasteiger partial charge in [-0.25, -0.2) is 0 Å². The molecule has 2 aliphatic rings. The Morgan fingerprint density at radius 3 is 2.48 bits per heavy atom. The molecule has 1 atom stereocenters. The van der Waals surface area contributed by atoms with Crippen LogP contribution in [0.4, 0.5) is 0 Å². The summed E-state index contributed by atoms with van der Waals surface area (Å²) in [5, 5.41) is 3.24. The van der Waals surface area contributed by atoms with Gasteiger partial charge < -0.3 is 11.1 Å². The van der Waals surface area contributed by atoms with Gasteiger partial charge in [-0.1, -0.05) is 49.6 Å². The van der Waals surface area contributed by atoms with E-state index in [9.17, 15) is 4.79 Å². The first kappa shape index (κ1) is 22.2. The number of benzene rings is 1. The summed E-state index contributed by atoms with van der Waals surface area (Å²) in [7, 11) is 0. The van der Waals surface area contributed by atoms with Crippen molar-refractivity contribution in [2.24, 2.45) is 5.73 Å². The Bertz CT molecular complexity index is 521. The molecule has 25 heavy (non-hydrogen) atoms. The number of nitrogens with one attached hydrogen (secondary N) is 1. The third-order valence-electron chi connectivity index (χ3n) is 5.29. The Balaban J connectivity index is 0.00000156. The van der Waals surface area contributed by atoms with Gasteiger partial charge in [-0.2, -0.15) is 0 Å². The fourth-order valence-corrected chi connectivity index (χ4v) is 3.90.